The van der Waals surface area contributed by atoms with E-state index in [9.17, 15) is 0 Å². The van der Waals surface area contributed by atoms with Crippen molar-refractivity contribution >= 4 is 11.9 Å². The molecule has 4 N–H and O–H groups in total. The molecule has 0 atom stereocenters. The number of nitrogens with two attached hydrogens (primary N) is 1. The molecule has 6 heteroatoms. The zero-order valence-corrected chi connectivity index (χ0v) is 7.71. The van der Waals surface area contributed by atoms with Crippen LogP contribution in [0.4, 0.5) is 0 Å². The van der Waals surface area contributed by atoms with E-state index < -0.39 is 0 Å². The van der Waals surface area contributed by atoms with Gasteiger partial charge in [-0.05, 0) is 0 Å². The molecule has 0 spiro atoms. The Balaban J connectivity index is 2.58. The first-order chi connectivity index (χ1) is 6.24. The number of guanidine groups is 2. The van der Waals surface area contributed by atoms with Crippen LogP contribution in [0, 0.1) is 5.41 Å². The van der Waals surface area contributed by atoms with Crippen LogP contribution in [0.5, 0.6) is 0 Å². The van der Waals surface area contributed by atoms with Crippen LogP contribution in [-0.4, -0.2) is 50.2 Å². The summed E-state index contributed by atoms with van der Waals surface area (Å²) in [7, 11) is 1.76. The Morgan fingerprint density at radius 3 is 2.62 bits per heavy atom. The maximum atomic E-state index is 7.04. The lowest BCUT2D eigenvalue weighted by Gasteiger charge is -2.29. The highest BCUT2D eigenvalue weighted by atomic mass is 16.5. The topological polar surface area (TPSA) is 86.7 Å². The second-order valence-electron chi connectivity index (χ2n) is 2.67. The molecule has 0 aliphatic carbocycles. The molecule has 1 fully saturated rings. The van der Waals surface area contributed by atoms with E-state index in [-0.39, 0.29) is 5.96 Å². The number of ether oxygens (including phenoxy) is 1. The Morgan fingerprint density at radius 2 is 2.15 bits per heavy atom. The molecule has 1 rings (SSSR count). The van der Waals surface area contributed by atoms with E-state index in [1.54, 1.807) is 7.05 Å². The predicted molar refractivity (Wildman–Crippen MR) is 50.8 cm³/mol. The van der Waals surface area contributed by atoms with E-state index in [0.717, 1.165) is 13.1 Å². The molecule has 1 aliphatic heterocycles. The first kappa shape index (κ1) is 9.79. The number of rotatable bonds is 0. The minimum Gasteiger partial charge on any atom is -0.378 e. The van der Waals surface area contributed by atoms with Crippen molar-refractivity contribution in [1.82, 2.24) is 10.2 Å². The second-order valence-corrected chi connectivity index (χ2v) is 2.67. The highest BCUT2D eigenvalue weighted by molar-refractivity contribution is 5.92. The SMILES string of the molecule is CN/C(=N\C(=N)N)N1CCOCC1. The molecular weight excluding hydrogens is 170 g/mol. The van der Waals surface area contributed by atoms with Crippen molar-refractivity contribution in [2.45, 2.75) is 0 Å². The molecule has 0 aromatic rings. The first-order valence-electron chi connectivity index (χ1n) is 4.17. The molecule has 1 aliphatic rings. The predicted octanol–water partition coefficient (Wildman–Crippen LogP) is -1.21. The van der Waals surface area contributed by atoms with E-state index in [1.165, 1.54) is 0 Å². The van der Waals surface area contributed by atoms with Gasteiger partial charge in [-0.1, -0.05) is 0 Å². The molecule has 1 heterocycles. The van der Waals surface area contributed by atoms with Gasteiger partial charge in [-0.15, -0.1) is 0 Å². The van der Waals surface area contributed by atoms with Crippen molar-refractivity contribution in [1.29, 1.82) is 5.41 Å². The third kappa shape index (κ3) is 2.90. The third-order valence-corrected chi connectivity index (χ3v) is 1.76. The summed E-state index contributed by atoms with van der Waals surface area (Å²) < 4.78 is 5.19. The van der Waals surface area contributed by atoms with E-state index >= 15 is 0 Å². The van der Waals surface area contributed by atoms with Crippen LogP contribution in [0.2, 0.25) is 0 Å². The fourth-order valence-corrected chi connectivity index (χ4v) is 1.17. The van der Waals surface area contributed by atoms with Crippen LogP contribution in [0.15, 0.2) is 4.99 Å². The van der Waals surface area contributed by atoms with Gasteiger partial charge in [0.25, 0.3) is 0 Å². The van der Waals surface area contributed by atoms with Gasteiger partial charge in [0.05, 0.1) is 13.2 Å². The maximum absolute atomic E-state index is 7.04. The summed E-state index contributed by atoms with van der Waals surface area (Å²) >= 11 is 0. The highest BCUT2D eigenvalue weighted by Crippen LogP contribution is 1.96. The monoisotopic (exact) mass is 185 g/mol. The average Bonchev–Trinajstić information content (AvgIpc) is 2.15. The molecule has 1 saturated heterocycles. The normalized spacial score (nSPS) is 18.5. The lowest BCUT2D eigenvalue weighted by Crippen LogP contribution is -2.46. The third-order valence-electron chi connectivity index (χ3n) is 1.76. The van der Waals surface area contributed by atoms with Crippen LogP contribution in [0.1, 0.15) is 0 Å². The maximum Gasteiger partial charge on any atom is 0.215 e. The Hall–Kier alpha value is -1.30. The molecule has 0 unspecified atom stereocenters. The minimum atomic E-state index is -0.184. The van der Waals surface area contributed by atoms with Crippen LogP contribution in [0.3, 0.4) is 0 Å². The summed E-state index contributed by atoms with van der Waals surface area (Å²) in [4.78, 5) is 5.86. The molecule has 6 nitrogen and oxygen atoms in total. The van der Waals surface area contributed by atoms with Gasteiger partial charge in [0.1, 0.15) is 0 Å². The quantitative estimate of drug-likeness (QED) is 0.326. The number of nitrogens with zero attached hydrogens (tertiary/aromatic N) is 2. The average molecular weight is 185 g/mol. The van der Waals surface area contributed by atoms with Crippen molar-refractivity contribution < 1.29 is 4.74 Å². The molecule has 0 bridgehead atoms. The van der Waals surface area contributed by atoms with Crippen molar-refractivity contribution in [3.8, 4) is 0 Å². The molecule has 13 heavy (non-hydrogen) atoms. The molecule has 0 aromatic carbocycles. The molecular formula is C7H15N5O. The molecule has 74 valence electrons. The summed E-state index contributed by atoms with van der Waals surface area (Å²) in [5.74, 6) is 0.451. The summed E-state index contributed by atoms with van der Waals surface area (Å²) in [6, 6.07) is 0. The summed E-state index contributed by atoms with van der Waals surface area (Å²) in [6.45, 7) is 2.96. The Kier molecular flexibility index (Phi) is 3.51. The lowest BCUT2D eigenvalue weighted by atomic mass is 10.4. The summed E-state index contributed by atoms with van der Waals surface area (Å²) in [5.41, 5.74) is 5.17. The smallest absolute Gasteiger partial charge is 0.215 e. The number of morpholine rings is 1. The van der Waals surface area contributed by atoms with Crippen molar-refractivity contribution in [2.24, 2.45) is 10.7 Å². The fourth-order valence-electron chi connectivity index (χ4n) is 1.17. The van der Waals surface area contributed by atoms with E-state index in [2.05, 4.69) is 10.3 Å². The number of aliphatic imine (C=N–C) groups is 1. The molecule has 0 radical (unpaired) electrons. The van der Waals surface area contributed by atoms with Crippen LogP contribution < -0.4 is 11.1 Å². The Morgan fingerprint density at radius 1 is 1.54 bits per heavy atom. The van der Waals surface area contributed by atoms with E-state index in [0.29, 0.717) is 19.2 Å². The van der Waals surface area contributed by atoms with Gasteiger partial charge in [0, 0.05) is 20.1 Å². The van der Waals surface area contributed by atoms with Crippen molar-refractivity contribution in [3.63, 3.8) is 0 Å². The highest BCUT2D eigenvalue weighted by Gasteiger charge is 2.13. The van der Waals surface area contributed by atoms with Crippen LogP contribution in [0.25, 0.3) is 0 Å². The van der Waals surface area contributed by atoms with E-state index in [1.807, 2.05) is 4.90 Å². The summed E-state index contributed by atoms with van der Waals surface area (Å²) in [6.07, 6.45) is 0. The Bertz CT molecular complexity index is 209. The van der Waals surface area contributed by atoms with Crippen molar-refractivity contribution in [3.05, 3.63) is 0 Å². The molecule has 0 saturated carbocycles. The number of hydrogen-bond donors (Lipinski definition) is 3. The summed E-state index contributed by atoms with van der Waals surface area (Å²) in [5, 5.41) is 9.94. The van der Waals surface area contributed by atoms with Crippen molar-refractivity contribution in [2.75, 3.05) is 33.4 Å². The lowest BCUT2D eigenvalue weighted by molar-refractivity contribution is 0.0668. The largest absolute Gasteiger partial charge is 0.378 e. The van der Waals surface area contributed by atoms with Gasteiger partial charge in [0.15, 0.2) is 0 Å². The van der Waals surface area contributed by atoms with Gasteiger partial charge < -0.3 is 20.7 Å². The molecule has 0 amide bonds. The van der Waals surface area contributed by atoms with Gasteiger partial charge in [-0.2, -0.15) is 4.99 Å². The zero-order chi connectivity index (χ0) is 9.68. The first-order valence-corrected chi connectivity index (χ1v) is 4.17. The number of hydrogen-bond acceptors (Lipinski definition) is 2. The standard InChI is InChI=1S/C7H15N5O/c1-10-7(11-6(8)9)12-2-4-13-5-3-12/h2-5H2,1H3,(H4,8,9,10,11). The van der Waals surface area contributed by atoms with Crippen LogP contribution >= 0.6 is 0 Å². The Labute approximate surface area is 77.3 Å². The molecule has 0 aromatic heterocycles. The second kappa shape index (κ2) is 4.66. The van der Waals surface area contributed by atoms with Gasteiger partial charge in [0.2, 0.25) is 11.9 Å². The minimum absolute atomic E-state index is 0.184. The van der Waals surface area contributed by atoms with Gasteiger partial charge in [-0.25, -0.2) is 0 Å². The zero-order valence-electron chi connectivity index (χ0n) is 7.71. The van der Waals surface area contributed by atoms with Gasteiger partial charge in [-0.3, -0.25) is 5.41 Å². The fraction of sp³-hybridized carbons (Fsp3) is 0.714. The number of nitrogens with one attached hydrogen (secondary N) is 2. The van der Waals surface area contributed by atoms with Crippen LogP contribution in [-0.2, 0) is 4.74 Å². The van der Waals surface area contributed by atoms with E-state index in [4.69, 9.17) is 15.9 Å². The van der Waals surface area contributed by atoms with Gasteiger partial charge >= 0.3 is 0 Å².